The molecule has 0 aliphatic rings. The third kappa shape index (κ3) is 4.28. The number of pyridine rings is 1. The van der Waals surface area contributed by atoms with Crippen molar-refractivity contribution >= 4 is 43.9 Å². The summed E-state index contributed by atoms with van der Waals surface area (Å²) < 4.78 is 41.0. The number of hydrogen-bond acceptors (Lipinski definition) is 4. The lowest BCUT2D eigenvalue weighted by molar-refractivity contribution is -0.116. The van der Waals surface area contributed by atoms with Gasteiger partial charge >= 0.3 is 0 Å². The van der Waals surface area contributed by atoms with Crippen molar-refractivity contribution in [3.05, 3.63) is 100 Å². The van der Waals surface area contributed by atoms with E-state index in [2.05, 4.69) is 5.32 Å². The van der Waals surface area contributed by atoms with Crippen molar-refractivity contribution in [3.8, 4) is 0 Å². The zero-order valence-corrected chi connectivity index (χ0v) is 18.0. The fourth-order valence-corrected chi connectivity index (χ4v) is 4.82. The minimum absolute atomic E-state index is 0.0493. The molecule has 0 atom stereocenters. The Hall–Kier alpha value is -3.49. The van der Waals surface area contributed by atoms with Gasteiger partial charge in [-0.05, 0) is 54.6 Å². The van der Waals surface area contributed by atoms with E-state index in [1.807, 2.05) is 0 Å². The molecule has 1 aromatic heterocycles. The van der Waals surface area contributed by atoms with Crippen LogP contribution in [0, 0.1) is 5.82 Å². The molecule has 4 aromatic rings. The fraction of sp³-hybridized carbons (Fsp3) is 0.0435. The van der Waals surface area contributed by atoms with Crippen molar-refractivity contribution in [3.63, 3.8) is 0 Å². The zero-order chi connectivity index (χ0) is 22.9. The maximum absolute atomic E-state index is 13.3. The molecule has 0 aliphatic carbocycles. The molecule has 162 valence electrons. The van der Waals surface area contributed by atoms with Gasteiger partial charge in [0.25, 0.3) is 0 Å². The first-order valence-electron chi connectivity index (χ1n) is 9.44. The predicted octanol–water partition coefficient (Wildman–Crippen LogP) is 4.27. The molecule has 0 saturated carbocycles. The Labute approximate surface area is 187 Å². The zero-order valence-electron chi connectivity index (χ0n) is 16.5. The molecule has 32 heavy (non-hydrogen) atoms. The molecule has 3 aromatic carbocycles. The molecule has 0 unspecified atom stereocenters. The van der Waals surface area contributed by atoms with Gasteiger partial charge in [0.1, 0.15) is 17.3 Å². The van der Waals surface area contributed by atoms with Crippen LogP contribution in [0.3, 0.4) is 0 Å². The summed E-state index contributed by atoms with van der Waals surface area (Å²) >= 11 is 6.04. The lowest BCUT2D eigenvalue weighted by Gasteiger charge is -2.14. The number of anilines is 1. The summed E-state index contributed by atoms with van der Waals surface area (Å²) in [7, 11) is -4.28. The number of fused-ring (bicyclic) bond motifs is 1. The minimum Gasteiger partial charge on any atom is -0.336 e. The summed E-state index contributed by atoms with van der Waals surface area (Å²) in [4.78, 5) is 24.9. The van der Waals surface area contributed by atoms with Crippen LogP contribution >= 0.6 is 11.6 Å². The molecular formula is C23H16ClFN2O4S. The number of amides is 1. The molecule has 1 N–H and O–H groups in total. The second-order valence-corrected chi connectivity index (χ2v) is 9.34. The third-order valence-electron chi connectivity index (χ3n) is 4.79. The molecule has 0 spiro atoms. The lowest BCUT2D eigenvalue weighted by atomic mass is 10.2. The van der Waals surface area contributed by atoms with Crippen LogP contribution < -0.4 is 10.7 Å². The van der Waals surface area contributed by atoms with E-state index in [4.69, 9.17) is 11.6 Å². The number of para-hydroxylation sites is 1. The summed E-state index contributed by atoms with van der Waals surface area (Å²) in [6.07, 6.45) is 1.13. The Balaban J connectivity index is 1.84. The number of carbonyl (C=O) groups is 1. The summed E-state index contributed by atoms with van der Waals surface area (Å²) in [5, 5.41) is 3.01. The normalized spacial score (nSPS) is 11.4. The molecule has 0 saturated heterocycles. The predicted molar refractivity (Wildman–Crippen MR) is 120 cm³/mol. The fourth-order valence-electron chi connectivity index (χ4n) is 3.28. The Morgan fingerprint density at radius 2 is 1.69 bits per heavy atom. The molecule has 0 bridgehead atoms. The molecular weight excluding hydrogens is 455 g/mol. The van der Waals surface area contributed by atoms with Crippen LogP contribution in [-0.2, 0) is 21.2 Å². The minimum atomic E-state index is -4.28. The molecule has 6 nitrogen and oxygen atoms in total. The van der Waals surface area contributed by atoms with Gasteiger partial charge < -0.3 is 9.88 Å². The Kier molecular flexibility index (Phi) is 5.82. The third-order valence-corrected chi connectivity index (χ3v) is 6.79. The van der Waals surface area contributed by atoms with Gasteiger partial charge in [-0.1, -0.05) is 29.8 Å². The van der Waals surface area contributed by atoms with Crippen molar-refractivity contribution in [1.29, 1.82) is 0 Å². The van der Waals surface area contributed by atoms with Gasteiger partial charge in [-0.25, -0.2) is 12.8 Å². The van der Waals surface area contributed by atoms with Crippen molar-refractivity contribution in [2.24, 2.45) is 0 Å². The Bertz CT molecular complexity index is 1480. The van der Waals surface area contributed by atoms with Crippen LogP contribution in [0.1, 0.15) is 0 Å². The number of nitrogens with zero attached hydrogens (tertiary/aromatic N) is 1. The van der Waals surface area contributed by atoms with Crippen LogP contribution in [-0.4, -0.2) is 18.9 Å². The van der Waals surface area contributed by atoms with E-state index in [0.29, 0.717) is 11.2 Å². The highest BCUT2D eigenvalue weighted by molar-refractivity contribution is 7.91. The number of hydrogen-bond donors (Lipinski definition) is 1. The van der Waals surface area contributed by atoms with Gasteiger partial charge in [0.15, 0.2) is 0 Å². The molecule has 0 radical (unpaired) electrons. The van der Waals surface area contributed by atoms with E-state index in [0.717, 1.165) is 30.5 Å². The molecule has 9 heteroatoms. The first kappa shape index (κ1) is 21.7. The average molecular weight is 471 g/mol. The first-order valence-corrected chi connectivity index (χ1v) is 11.3. The second-order valence-electron chi connectivity index (χ2n) is 6.98. The number of benzene rings is 3. The maximum Gasteiger partial charge on any atom is 0.244 e. The Morgan fingerprint density at radius 3 is 2.38 bits per heavy atom. The smallest absolute Gasteiger partial charge is 0.244 e. The van der Waals surface area contributed by atoms with Crippen LogP contribution in [0.2, 0.25) is 5.02 Å². The SMILES string of the molecule is O=C(Cn1cc(S(=O)(=O)c2ccc(F)cc2)c(=O)c2cc(Cl)ccc21)Nc1ccccc1. The summed E-state index contributed by atoms with van der Waals surface area (Å²) in [6, 6.07) is 17.4. The van der Waals surface area contributed by atoms with Crippen molar-refractivity contribution in [2.75, 3.05) is 5.32 Å². The highest BCUT2D eigenvalue weighted by Gasteiger charge is 2.24. The molecule has 0 fully saturated rings. The molecule has 0 aliphatic heterocycles. The lowest BCUT2D eigenvalue weighted by Crippen LogP contribution is -2.24. The highest BCUT2D eigenvalue weighted by atomic mass is 35.5. The number of carbonyl (C=O) groups excluding carboxylic acids is 1. The maximum atomic E-state index is 13.3. The average Bonchev–Trinajstić information content (AvgIpc) is 2.76. The quantitative estimate of drug-likeness (QED) is 0.441. The van der Waals surface area contributed by atoms with Crippen LogP contribution in [0.5, 0.6) is 0 Å². The van der Waals surface area contributed by atoms with Gasteiger partial charge in [0.2, 0.25) is 21.2 Å². The number of halogens is 2. The molecule has 1 amide bonds. The van der Waals surface area contributed by atoms with Gasteiger partial charge in [-0.3, -0.25) is 9.59 Å². The topological polar surface area (TPSA) is 85.2 Å². The number of rotatable bonds is 5. The van der Waals surface area contributed by atoms with E-state index >= 15 is 0 Å². The van der Waals surface area contributed by atoms with Gasteiger partial charge in [-0.2, -0.15) is 0 Å². The van der Waals surface area contributed by atoms with Gasteiger partial charge in [0, 0.05) is 22.3 Å². The van der Waals surface area contributed by atoms with Crippen molar-refractivity contribution in [2.45, 2.75) is 16.3 Å². The number of sulfone groups is 1. The van der Waals surface area contributed by atoms with Crippen LogP contribution in [0.15, 0.2) is 93.6 Å². The summed E-state index contributed by atoms with van der Waals surface area (Å²) in [5.41, 5.74) is 0.164. The van der Waals surface area contributed by atoms with Gasteiger partial charge in [0.05, 0.1) is 10.4 Å². The monoisotopic (exact) mass is 470 g/mol. The van der Waals surface area contributed by atoms with E-state index < -0.39 is 31.9 Å². The van der Waals surface area contributed by atoms with E-state index in [1.54, 1.807) is 42.5 Å². The first-order chi connectivity index (χ1) is 15.3. The summed E-state index contributed by atoms with van der Waals surface area (Å²) in [5.74, 6) is -1.02. The van der Waals surface area contributed by atoms with Crippen molar-refractivity contribution < 1.29 is 17.6 Å². The molecule has 1 heterocycles. The van der Waals surface area contributed by atoms with E-state index in [1.165, 1.54) is 10.6 Å². The van der Waals surface area contributed by atoms with E-state index in [-0.39, 0.29) is 21.8 Å². The highest BCUT2D eigenvalue weighted by Crippen LogP contribution is 2.23. The molecule has 4 rings (SSSR count). The van der Waals surface area contributed by atoms with Gasteiger partial charge in [-0.15, -0.1) is 0 Å². The number of nitrogens with one attached hydrogen (secondary N) is 1. The largest absolute Gasteiger partial charge is 0.336 e. The van der Waals surface area contributed by atoms with E-state index in [9.17, 15) is 22.4 Å². The number of aromatic nitrogens is 1. The summed E-state index contributed by atoms with van der Waals surface area (Å²) in [6.45, 7) is -0.251. The second kappa shape index (κ2) is 8.57. The standard InChI is InChI=1S/C23H16ClFN2O4S/c24-15-6-11-20-19(12-15)23(29)21(32(30,31)18-9-7-16(25)8-10-18)13-27(20)14-22(28)26-17-4-2-1-3-5-17/h1-13H,14H2,(H,26,28). The Morgan fingerprint density at radius 1 is 1.00 bits per heavy atom. The van der Waals surface area contributed by atoms with Crippen LogP contribution in [0.4, 0.5) is 10.1 Å². The van der Waals surface area contributed by atoms with Crippen molar-refractivity contribution in [1.82, 2.24) is 4.57 Å². The van der Waals surface area contributed by atoms with Crippen LogP contribution in [0.25, 0.3) is 10.9 Å².